The van der Waals surface area contributed by atoms with Crippen molar-refractivity contribution >= 4 is 17.5 Å². The summed E-state index contributed by atoms with van der Waals surface area (Å²) in [4.78, 5) is 21.7. The summed E-state index contributed by atoms with van der Waals surface area (Å²) in [6.45, 7) is 8.00. The number of carbonyl (C=O) groups excluding carboxylic acids is 1. The lowest BCUT2D eigenvalue weighted by Gasteiger charge is -2.24. The fraction of sp³-hybridized carbons (Fsp3) is 0.643. The Labute approximate surface area is 120 Å². The Kier molecular flexibility index (Phi) is 6.76. The second kappa shape index (κ2) is 8.35. The van der Waals surface area contributed by atoms with Crippen molar-refractivity contribution in [1.29, 1.82) is 0 Å². The van der Waals surface area contributed by atoms with Crippen molar-refractivity contribution < 1.29 is 4.79 Å². The van der Waals surface area contributed by atoms with E-state index >= 15 is 0 Å². The standard InChI is InChI=1S/C14H25N5O/c1-4-6-8-19(9-12(15)20)14-11(3)13(16-7-5-2)17-10-18-14/h10H,4-9H2,1-3H3,(H2,15,20)(H,16,17,18). The summed E-state index contributed by atoms with van der Waals surface area (Å²) < 4.78 is 0. The molecule has 6 nitrogen and oxygen atoms in total. The van der Waals surface area contributed by atoms with E-state index in [9.17, 15) is 4.79 Å². The van der Waals surface area contributed by atoms with Gasteiger partial charge in [0.15, 0.2) is 0 Å². The first kappa shape index (κ1) is 16.2. The van der Waals surface area contributed by atoms with E-state index in [1.54, 1.807) is 0 Å². The molecule has 1 aromatic rings. The first-order valence-electron chi connectivity index (χ1n) is 7.18. The van der Waals surface area contributed by atoms with E-state index in [2.05, 4.69) is 29.1 Å². The zero-order chi connectivity index (χ0) is 15.0. The monoisotopic (exact) mass is 279 g/mol. The molecule has 0 radical (unpaired) electrons. The van der Waals surface area contributed by atoms with Crippen molar-refractivity contribution in [3.63, 3.8) is 0 Å². The molecule has 0 unspecified atom stereocenters. The van der Waals surface area contributed by atoms with Gasteiger partial charge in [0.1, 0.15) is 18.0 Å². The number of carbonyl (C=O) groups is 1. The van der Waals surface area contributed by atoms with Crippen LogP contribution < -0.4 is 16.0 Å². The van der Waals surface area contributed by atoms with Gasteiger partial charge in [0.2, 0.25) is 5.91 Å². The van der Waals surface area contributed by atoms with Gasteiger partial charge in [0.25, 0.3) is 0 Å². The van der Waals surface area contributed by atoms with Gasteiger partial charge < -0.3 is 16.0 Å². The Morgan fingerprint density at radius 2 is 2.10 bits per heavy atom. The highest BCUT2D eigenvalue weighted by Crippen LogP contribution is 2.22. The van der Waals surface area contributed by atoms with E-state index in [1.165, 1.54) is 6.33 Å². The van der Waals surface area contributed by atoms with Gasteiger partial charge >= 0.3 is 0 Å². The van der Waals surface area contributed by atoms with Crippen molar-refractivity contribution in [3.05, 3.63) is 11.9 Å². The molecule has 1 heterocycles. The average Bonchev–Trinajstić information content (AvgIpc) is 2.42. The normalized spacial score (nSPS) is 10.3. The first-order valence-corrected chi connectivity index (χ1v) is 7.18. The van der Waals surface area contributed by atoms with Crippen LogP contribution in [-0.2, 0) is 4.79 Å². The molecule has 0 aliphatic heterocycles. The van der Waals surface area contributed by atoms with Gasteiger partial charge in [-0.1, -0.05) is 20.3 Å². The van der Waals surface area contributed by atoms with Crippen LogP contribution in [0.25, 0.3) is 0 Å². The Balaban J connectivity index is 2.96. The second-order valence-electron chi connectivity index (χ2n) is 4.84. The summed E-state index contributed by atoms with van der Waals surface area (Å²) in [6.07, 6.45) is 4.61. The summed E-state index contributed by atoms with van der Waals surface area (Å²) in [5.41, 5.74) is 6.29. The van der Waals surface area contributed by atoms with Gasteiger partial charge in [-0.05, 0) is 19.8 Å². The molecule has 0 saturated carbocycles. The topological polar surface area (TPSA) is 84.1 Å². The minimum absolute atomic E-state index is 0.186. The van der Waals surface area contributed by atoms with Crippen molar-refractivity contribution in [1.82, 2.24) is 9.97 Å². The highest BCUT2D eigenvalue weighted by atomic mass is 16.1. The number of hydrogen-bond donors (Lipinski definition) is 2. The number of primary amides is 1. The maximum Gasteiger partial charge on any atom is 0.236 e. The van der Waals surface area contributed by atoms with Crippen LogP contribution in [-0.4, -0.2) is 35.5 Å². The number of nitrogens with zero attached hydrogens (tertiary/aromatic N) is 3. The van der Waals surface area contributed by atoms with Crippen LogP contribution in [0.4, 0.5) is 11.6 Å². The van der Waals surface area contributed by atoms with Crippen LogP contribution in [0.1, 0.15) is 38.7 Å². The van der Waals surface area contributed by atoms with Crippen molar-refractivity contribution in [3.8, 4) is 0 Å². The summed E-state index contributed by atoms with van der Waals surface area (Å²) in [7, 11) is 0. The highest BCUT2D eigenvalue weighted by Gasteiger charge is 2.15. The molecule has 0 fully saturated rings. The van der Waals surface area contributed by atoms with E-state index in [0.29, 0.717) is 0 Å². The van der Waals surface area contributed by atoms with E-state index in [1.807, 2.05) is 11.8 Å². The fourth-order valence-corrected chi connectivity index (χ4v) is 1.98. The van der Waals surface area contributed by atoms with Crippen LogP contribution in [0.3, 0.4) is 0 Å². The van der Waals surface area contributed by atoms with Crippen LogP contribution in [0.15, 0.2) is 6.33 Å². The smallest absolute Gasteiger partial charge is 0.236 e. The fourth-order valence-electron chi connectivity index (χ4n) is 1.98. The average molecular weight is 279 g/mol. The van der Waals surface area contributed by atoms with E-state index < -0.39 is 0 Å². The van der Waals surface area contributed by atoms with Crippen LogP contribution in [0.5, 0.6) is 0 Å². The van der Waals surface area contributed by atoms with E-state index in [-0.39, 0.29) is 12.5 Å². The number of anilines is 2. The summed E-state index contributed by atoms with van der Waals surface area (Å²) in [5.74, 6) is 1.26. The number of aromatic nitrogens is 2. The SMILES string of the molecule is CCCCN(CC(N)=O)c1ncnc(NCCC)c1C. The number of nitrogens with two attached hydrogens (primary N) is 1. The molecule has 0 atom stereocenters. The molecule has 1 rings (SSSR count). The highest BCUT2D eigenvalue weighted by molar-refractivity contribution is 5.79. The summed E-state index contributed by atoms with van der Waals surface area (Å²) >= 11 is 0. The quantitative estimate of drug-likeness (QED) is 0.718. The van der Waals surface area contributed by atoms with Gasteiger partial charge in [0, 0.05) is 18.7 Å². The molecule has 0 spiro atoms. The Morgan fingerprint density at radius 1 is 1.35 bits per heavy atom. The zero-order valence-electron chi connectivity index (χ0n) is 12.6. The third-order valence-electron chi connectivity index (χ3n) is 3.03. The minimum atomic E-state index is -0.345. The summed E-state index contributed by atoms with van der Waals surface area (Å²) in [6, 6.07) is 0. The van der Waals surface area contributed by atoms with Crippen molar-refractivity contribution in [2.75, 3.05) is 29.9 Å². The number of unbranched alkanes of at least 4 members (excludes halogenated alkanes) is 1. The molecule has 20 heavy (non-hydrogen) atoms. The van der Waals surface area contributed by atoms with Gasteiger partial charge in [-0.15, -0.1) is 0 Å². The lowest BCUT2D eigenvalue weighted by molar-refractivity contribution is -0.116. The van der Waals surface area contributed by atoms with Crippen LogP contribution >= 0.6 is 0 Å². The predicted octanol–water partition coefficient (Wildman–Crippen LogP) is 1.70. The van der Waals surface area contributed by atoms with Gasteiger partial charge in [0.05, 0.1) is 6.54 Å². The Hall–Kier alpha value is -1.85. The zero-order valence-corrected chi connectivity index (χ0v) is 12.6. The lowest BCUT2D eigenvalue weighted by atomic mass is 10.2. The van der Waals surface area contributed by atoms with Gasteiger partial charge in [-0.3, -0.25) is 4.79 Å². The molecule has 3 N–H and O–H groups in total. The third-order valence-corrected chi connectivity index (χ3v) is 3.03. The molecule has 112 valence electrons. The molecule has 0 aliphatic rings. The Bertz CT molecular complexity index is 436. The minimum Gasteiger partial charge on any atom is -0.370 e. The molecular weight excluding hydrogens is 254 g/mol. The Morgan fingerprint density at radius 3 is 2.70 bits per heavy atom. The van der Waals surface area contributed by atoms with Gasteiger partial charge in [-0.2, -0.15) is 0 Å². The molecule has 0 saturated heterocycles. The predicted molar refractivity (Wildman–Crippen MR) is 81.9 cm³/mol. The molecular formula is C14H25N5O. The van der Waals surface area contributed by atoms with Crippen LogP contribution in [0, 0.1) is 6.92 Å². The lowest BCUT2D eigenvalue weighted by Crippen LogP contribution is -2.35. The van der Waals surface area contributed by atoms with Crippen molar-refractivity contribution in [2.45, 2.75) is 40.0 Å². The maximum atomic E-state index is 11.2. The molecule has 0 bridgehead atoms. The number of rotatable bonds is 9. The molecule has 0 aromatic carbocycles. The van der Waals surface area contributed by atoms with Crippen LogP contribution in [0.2, 0.25) is 0 Å². The molecule has 0 aliphatic carbocycles. The molecule has 6 heteroatoms. The number of amides is 1. The third kappa shape index (κ3) is 4.68. The van der Waals surface area contributed by atoms with E-state index in [4.69, 9.17) is 5.73 Å². The summed E-state index contributed by atoms with van der Waals surface area (Å²) in [5, 5.41) is 3.27. The molecule has 1 amide bonds. The maximum absolute atomic E-state index is 11.2. The largest absolute Gasteiger partial charge is 0.370 e. The molecule has 1 aromatic heterocycles. The van der Waals surface area contributed by atoms with Crippen molar-refractivity contribution in [2.24, 2.45) is 5.73 Å². The second-order valence-corrected chi connectivity index (χ2v) is 4.84. The first-order chi connectivity index (χ1) is 9.60. The number of hydrogen-bond acceptors (Lipinski definition) is 5. The number of nitrogens with one attached hydrogen (secondary N) is 1. The van der Waals surface area contributed by atoms with E-state index in [0.717, 1.165) is 49.6 Å². The van der Waals surface area contributed by atoms with Gasteiger partial charge in [-0.25, -0.2) is 9.97 Å².